The van der Waals surface area contributed by atoms with Crippen molar-refractivity contribution in [3.05, 3.63) is 23.8 Å². The average Bonchev–Trinajstić information content (AvgIpc) is 2.19. The molecule has 0 saturated carbocycles. The van der Waals surface area contributed by atoms with Crippen molar-refractivity contribution in [1.82, 2.24) is 9.97 Å². The highest BCUT2D eigenvalue weighted by atomic mass is 35.5. The monoisotopic (exact) mass is 267 g/mol. The number of ether oxygens (including phenoxy) is 1. The highest BCUT2D eigenvalue weighted by Crippen LogP contribution is 1.98. The lowest BCUT2D eigenvalue weighted by atomic mass is 10.3. The first-order valence-electron chi connectivity index (χ1n) is 4.47. The third-order valence-corrected chi connectivity index (χ3v) is 1.56. The van der Waals surface area contributed by atoms with E-state index in [0.29, 0.717) is 25.4 Å². The minimum atomic E-state index is -0.423. The van der Waals surface area contributed by atoms with Gasteiger partial charge in [-0.15, -0.1) is 24.8 Å². The summed E-state index contributed by atoms with van der Waals surface area (Å²) in [5.74, 6) is 0.145. The molecule has 1 rings (SSSR count). The van der Waals surface area contributed by atoms with Crippen LogP contribution in [0, 0.1) is 0 Å². The van der Waals surface area contributed by atoms with Gasteiger partial charge in [0.05, 0.1) is 6.61 Å². The van der Waals surface area contributed by atoms with E-state index >= 15 is 0 Å². The first-order valence-corrected chi connectivity index (χ1v) is 4.47. The van der Waals surface area contributed by atoms with E-state index in [9.17, 15) is 4.79 Å². The summed E-state index contributed by atoms with van der Waals surface area (Å²) in [6.45, 7) is 2.56. The standard InChI is InChI=1S/C9H13N3O2.2ClH/c1-2-14-9(13)7-4-6-11-8(12-7)3-5-10;;/h4,6H,2-3,5,10H2,1H3;2*1H. The van der Waals surface area contributed by atoms with Gasteiger partial charge < -0.3 is 10.5 Å². The molecule has 1 heterocycles. The van der Waals surface area contributed by atoms with Crippen LogP contribution in [-0.2, 0) is 11.2 Å². The minimum absolute atomic E-state index is 0. The maximum atomic E-state index is 11.3. The fourth-order valence-electron chi connectivity index (χ4n) is 0.967. The molecular weight excluding hydrogens is 253 g/mol. The SMILES string of the molecule is CCOC(=O)c1ccnc(CCN)n1.Cl.Cl. The van der Waals surface area contributed by atoms with Crippen molar-refractivity contribution in [3.8, 4) is 0 Å². The number of rotatable bonds is 4. The zero-order valence-corrected chi connectivity index (χ0v) is 10.5. The van der Waals surface area contributed by atoms with Crippen molar-refractivity contribution in [1.29, 1.82) is 0 Å². The molecule has 0 fully saturated rings. The van der Waals surface area contributed by atoms with Crippen molar-refractivity contribution < 1.29 is 9.53 Å². The summed E-state index contributed by atoms with van der Waals surface area (Å²) in [5, 5.41) is 0. The second-order valence-corrected chi connectivity index (χ2v) is 2.62. The second kappa shape index (κ2) is 9.33. The van der Waals surface area contributed by atoms with Crippen molar-refractivity contribution in [3.63, 3.8) is 0 Å². The Morgan fingerprint density at radius 3 is 2.75 bits per heavy atom. The highest BCUT2D eigenvalue weighted by Gasteiger charge is 2.08. The van der Waals surface area contributed by atoms with Gasteiger partial charge in [0.25, 0.3) is 0 Å². The summed E-state index contributed by atoms with van der Waals surface area (Å²) >= 11 is 0. The predicted octanol–water partition coefficient (Wildman–Crippen LogP) is 0.998. The van der Waals surface area contributed by atoms with Crippen LogP contribution in [0.4, 0.5) is 0 Å². The lowest BCUT2D eigenvalue weighted by Gasteiger charge is -2.02. The van der Waals surface area contributed by atoms with Crippen LogP contribution in [-0.4, -0.2) is 29.1 Å². The Kier molecular flexibility index (Phi) is 10.2. The number of aromatic nitrogens is 2. The fourth-order valence-corrected chi connectivity index (χ4v) is 0.967. The van der Waals surface area contributed by atoms with Gasteiger partial charge in [0.15, 0.2) is 5.69 Å². The van der Waals surface area contributed by atoms with Crippen molar-refractivity contribution >= 4 is 30.8 Å². The van der Waals surface area contributed by atoms with Gasteiger partial charge in [-0.2, -0.15) is 0 Å². The number of nitrogens with zero attached hydrogens (tertiary/aromatic N) is 2. The molecule has 0 aliphatic heterocycles. The molecule has 0 bridgehead atoms. The van der Waals surface area contributed by atoms with E-state index < -0.39 is 5.97 Å². The minimum Gasteiger partial charge on any atom is -0.461 e. The van der Waals surface area contributed by atoms with Gasteiger partial charge in [-0.05, 0) is 19.5 Å². The first-order chi connectivity index (χ1) is 6.77. The molecule has 1 aromatic rings. The molecule has 0 amide bonds. The van der Waals surface area contributed by atoms with Crippen LogP contribution in [0.2, 0.25) is 0 Å². The maximum Gasteiger partial charge on any atom is 0.357 e. The molecule has 0 radical (unpaired) electrons. The Morgan fingerprint density at radius 1 is 1.50 bits per heavy atom. The molecule has 0 atom stereocenters. The number of hydrogen-bond acceptors (Lipinski definition) is 5. The van der Waals surface area contributed by atoms with Gasteiger partial charge in [0.2, 0.25) is 0 Å². The smallest absolute Gasteiger partial charge is 0.357 e. The van der Waals surface area contributed by atoms with E-state index in [4.69, 9.17) is 10.5 Å². The molecule has 0 aromatic carbocycles. The summed E-state index contributed by atoms with van der Waals surface area (Å²) in [7, 11) is 0. The summed E-state index contributed by atoms with van der Waals surface area (Å²) in [6, 6.07) is 1.53. The normalized spacial score (nSPS) is 8.62. The molecule has 0 unspecified atom stereocenters. The second-order valence-electron chi connectivity index (χ2n) is 2.62. The number of esters is 1. The van der Waals surface area contributed by atoms with Crippen LogP contribution < -0.4 is 5.73 Å². The molecule has 5 nitrogen and oxygen atoms in total. The Morgan fingerprint density at radius 2 is 2.19 bits per heavy atom. The lowest BCUT2D eigenvalue weighted by Crippen LogP contribution is -2.11. The van der Waals surface area contributed by atoms with Crippen LogP contribution in [0.3, 0.4) is 0 Å². The van der Waals surface area contributed by atoms with Crippen LogP contribution >= 0.6 is 24.8 Å². The fraction of sp³-hybridized carbons (Fsp3) is 0.444. The maximum absolute atomic E-state index is 11.3. The van der Waals surface area contributed by atoms with E-state index in [1.807, 2.05) is 0 Å². The van der Waals surface area contributed by atoms with Crippen LogP contribution in [0.5, 0.6) is 0 Å². The third-order valence-electron chi connectivity index (χ3n) is 1.56. The predicted molar refractivity (Wildman–Crippen MR) is 65.2 cm³/mol. The van der Waals surface area contributed by atoms with Gasteiger partial charge in [-0.3, -0.25) is 0 Å². The molecule has 1 aromatic heterocycles. The number of nitrogens with two attached hydrogens (primary N) is 1. The van der Waals surface area contributed by atoms with Crippen LogP contribution in [0.25, 0.3) is 0 Å². The van der Waals surface area contributed by atoms with Crippen molar-refractivity contribution in [2.75, 3.05) is 13.2 Å². The van der Waals surface area contributed by atoms with Crippen molar-refractivity contribution in [2.45, 2.75) is 13.3 Å². The van der Waals surface area contributed by atoms with Gasteiger partial charge in [0, 0.05) is 12.6 Å². The molecule has 0 aliphatic carbocycles. The van der Waals surface area contributed by atoms with E-state index in [1.54, 1.807) is 6.92 Å². The third kappa shape index (κ3) is 5.25. The van der Waals surface area contributed by atoms with E-state index in [-0.39, 0.29) is 30.5 Å². The molecular formula is C9H15Cl2N3O2. The van der Waals surface area contributed by atoms with E-state index in [0.717, 1.165) is 0 Å². The quantitative estimate of drug-likeness (QED) is 0.824. The molecule has 16 heavy (non-hydrogen) atoms. The van der Waals surface area contributed by atoms with Crippen molar-refractivity contribution in [2.24, 2.45) is 5.73 Å². The largest absolute Gasteiger partial charge is 0.461 e. The summed E-state index contributed by atoms with van der Waals surface area (Å²) < 4.78 is 4.80. The van der Waals surface area contributed by atoms with E-state index in [2.05, 4.69) is 9.97 Å². The summed E-state index contributed by atoms with van der Waals surface area (Å²) in [5.41, 5.74) is 5.63. The van der Waals surface area contributed by atoms with Gasteiger partial charge in [-0.1, -0.05) is 0 Å². The number of hydrogen-bond donors (Lipinski definition) is 1. The zero-order valence-electron chi connectivity index (χ0n) is 8.88. The molecule has 7 heteroatoms. The van der Waals surface area contributed by atoms with Crippen LogP contribution in [0.1, 0.15) is 23.2 Å². The summed E-state index contributed by atoms with van der Waals surface area (Å²) in [6.07, 6.45) is 2.09. The Labute approximate surface area is 107 Å². The molecule has 0 saturated heterocycles. The first kappa shape index (κ1) is 17.5. The summed E-state index contributed by atoms with van der Waals surface area (Å²) in [4.78, 5) is 19.2. The number of carbonyl (C=O) groups is 1. The Hall–Kier alpha value is -0.910. The van der Waals surface area contributed by atoms with Gasteiger partial charge in [0.1, 0.15) is 5.82 Å². The van der Waals surface area contributed by atoms with E-state index in [1.165, 1.54) is 12.3 Å². The van der Waals surface area contributed by atoms with Gasteiger partial charge >= 0.3 is 5.97 Å². The zero-order chi connectivity index (χ0) is 10.4. The molecule has 0 aliphatic rings. The molecule has 92 valence electrons. The highest BCUT2D eigenvalue weighted by molar-refractivity contribution is 5.87. The Bertz CT molecular complexity index is 323. The molecule has 2 N–H and O–H groups in total. The van der Waals surface area contributed by atoms with Crippen LogP contribution in [0.15, 0.2) is 12.3 Å². The average molecular weight is 268 g/mol. The topological polar surface area (TPSA) is 78.1 Å². The lowest BCUT2D eigenvalue weighted by molar-refractivity contribution is 0.0519. The molecule has 0 spiro atoms. The van der Waals surface area contributed by atoms with Gasteiger partial charge in [-0.25, -0.2) is 14.8 Å². The Balaban J connectivity index is 0. The number of halogens is 2. The number of carbonyl (C=O) groups excluding carboxylic acids is 1.